The molecule has 0 atom stereocenters. The molecule has 0 unspecified atom stereocenters. The summed E-state index contributed by atoms with van der Waals surface area (Å²) >= 11 is 9.35. The highest BCUT2D eigenvalue weighted by atomic mass is 79.9. The molecular weight excluding hydrogens is 440 g/mol. The van der Waals surface area contributed by atoms with Gasteiger partial charge >= 0.3 is 0 Å². The molecule has 0 radical (unpaired) electrons. The second kappa shape index (κ2) is 9.08. The fourth-order valence-electron chi connectivity index (χ4n) is 2.87. The molecule has 3 rings (SSSR count). The highest BCUT2D eigenvalue weighted by Crippen LogP contribution is 2.21. The molecule has 2 aromatic carbocycles. The Morgan fingerprint density at radius 1 is 1.14 bits per heavy atom. The van der Waals surface area contributed by atoms with Gasteiger partial charge in [0.05, 0.1) is 12.8 Å². The van der Waals surface area contributed by atoms with Gasteiger partial charge in [0.1, 0.15) is 0 Å². The molecule has 28 heavy (non-hydrogen) atoms. The SMILES string of the molecule is Cc1cc(/C=N\NC(=O)CNc2ccc(Br)cc2)c(C)n1-c1ccc(Cl)cc1. The van der Waals surface area contributed by atoms with Gasteiger partial charge in [0, 0.05) is 37.8 Å². The summed E-state index contributed by atoms with van der Waals surface area (Å²) in [6.45, 7) is 4.18. The lowest BCUT2D eigenvalue weighted by molar-refractivity contribution is -0.119. The van der Waals surface area contributed by atoms with Gasteiger partial charge in [-0.15, -0.1) is 0 Å². The second-order valence-corrected chi connectivity index (χ2v) is 7.64. The van der Waals surface area contributed by atoms with Gasteiger partial charge in [-0.3, -0.25) is 4.79 Å². The monoisotopic (exact) mass is 458 g/mol. The van der Waals surface area contributed by atoms with Crippen molar-refractivity contribution in [3.8, 4) is 5.69 Å². The molecule has 5 nitrogen and oxygen atoms in total. The zero-order chi connectivity index (χ0) is 20.1. The van der Waals surface area contributed by atoms with Crippen LogP contribution in [0.15, 0.2) is 64.2 Å². The molecule has 0 fully saturated rings. The summed E-state index contributed by atoms with van der Waals surface area (Å²) in [5.41, 5.74) is 7.49. The maximum absolute atomic E-state index is 12.0. The number of aryl methyl sites for hydroxylation is 1. The van der Waals surface area contributed by atoms with E-state index in [-0.39, 0.29) is 12.5 Å². The summed E-state index contributed by atoms with van der Waals surface area (Å²) in [5.74, 6) is -0.217. The van der Waals surface area contributed by atoms with E-state index in [1.807, 2.05) is 68.4 Å². The number of carbonyl (C=O) groups is 1. The molecule has 0 aliphatic heterocycles. The van der Waals surface area contributed by atoms with Crippen molar-refractivity contribution < 1.29 is 4.79 Å². The highest BCUT2D eigenvalue weighted by Gasteiger charge is 2.09. The van der Waals surface area contributed by atoms with Crippen LogP contribution in [0.25, 0.3) is 5.69 Å². The summed E-state index contributed by atoms with van der Waals surface area (Å²) in [6.07, 6.45) is 1.66. The van der Waals surface area contributed by atoms with E-state index in [9.17, 15) is 4.79 Å². The summed E-state index contributed by atoms with van der Waals surface area (Å²) in [4.78, 5) is 12.0. The Bertz CT molecular complexity index is 994. The summed E-state index contributed by atoms with van der Waals surface area (Å²) in [5, 5.41) is 7.84. The van der Waals surface area contributed by atoms with E-state index in [2.05, 4.69) is 36.3 Å². The largest absolute Gasteiger partial charge is 0.376 e. The molecule has 0 saturated carbocycles. The molecule has 7 heteroatoms. The molecule has 3 aromatic rings. The Hall–Kier alpha value is -2.57. The zero-order valence-corrected chi connectivity index (χ0v) is 17.9. The van der Waals surface area contributed by atoms with Gasteiger partial charge in [-0.25, -0.2) is 5.43 Å². The first kappa shape index (κ1) is 20.2. The van der Waals surface area contributed by atoms with E-state index in [4.69, 9.17) is 11.6 Å². The number of amides is 1. The van der Waals surface area contributed by atoms with Crippen molar-refractivity contribution in [2.24, 2.45) is 5.10 Å². The fourth-order valence-corrected chi connectivity index (χ4v) is 3.26. The topological polar surface area (TPSA) is 58.4 Å². The second-order valence-electron chi connectivity index (χ2n) is 6.29. The van der Waals surface area contributed by atoms with Crippen molar-refractivity contribution in [1.29, 1.82) is 0 Å². The molecule has 0 bridgehead atoms. The number of benzene rings is 2. The number of nitrogens with zero attached hydrogens (tertiary/aromatic N) is 2. The van der Waals surface area contributed by atoms with Crippen LogP contribution in [-0.2, 0) is 4.79 Å². The normalized spacial score (nSPS) is 11.0. The van der Waals surface area contributed by atoms with Gasteiger partial charge in [-0.2, -0.15) is 5.10 Å². The van der Waals surface area contributed by atoms with Gasteiger partial charge in [0.25, 0.3) is 5.91 Å². The third-order valence-corrected chi connectivity index (χ3v) is 5.03. The standard InChI is InChI=1S/C21H20BrClN4O/c1-14-11-16(15(2)27(14)20-9-5-18(23)6-10-20)12-25-26-21(28)13-24-19-7-3-17(22)4-8-19/h3-12,24H,13H2,1-2H3,(H,26,28)/b25-12-. The average molecular weight is 460 g/mol. The van der Waals surface area contributed by atoms with Crippen LogP contribution in [0.1, 0.15) is 17.0 Å². The number of hydrogen-bond donors (Lipinski definition) is 2. The smallest absolute Gasteiger partial charge is 0.259 e. The van der Waals surface area contributed by atoms with Crippen molar-refractivity contribution in [2.75, 3.05) is 11.9 Å². The maximum Gasteiger partial charge on any atom is 0.259 e. The molecule has 1 heterocycles. The number of nitrogens with one attached hydrogen (secondary N) is 2. The van der Waals surface area contributed by atoms with E-state index in [1.54, 1.807) is 6.21 Å². The van der Waals surface area contributed by atoms with Crippen LogP contribution in [0.4, 0.5) is 5.69 Å². The summed E-state index contributed by atoms with van der Waals surface area (Å²) in [7, 11) is 0. The Morgan fingerprint density at radius 3 is 2.50 bits per heavy atom. The Labute approximate surface area is 177 Å². The summed E-state index contributed by atoms with van der Waals surface area (Å²) in [6, 6.07) is 17.3. The van der Waals surface area contributed by atoms with E-state index in [1.165, 1.54) is 0 Å². The van der Waals surface area contributed by atoms with E-state index < -0.39 is 0 Å². The van der Waals surface area contributed by atoms with Crippen molar-refractivity contribution in [2.45, 2.75) is 13.8 Å². The fraction of sp³-hybridized carbons (Fsp3) is 0.143. The number of rotatable bonds is 6. The Balaban J connectivity index is 1.61. The third kappa shape index (κ3) is 5.03. The first-order chi connectivity index (χ1) is 13.4. The molecule has 0 aliphatic rings. The van der Waals surface area contributed by atoms with Crippen molar-refractivity contribution >= 4 is 45.3 Å². The van der Waals surface area contributed by atoms with Crippen molar-refractivity contribution in [3.05, 3.63) is 81.0 Å². The van der Waals surface area contributed by atoms with Crippen LogP contribution in [-0.4, -0.2) is 23.2 Å². The molecular formula is C21H20BrClN4O. The lowest BCUT2D eigenvalue weighted by atomic mass is 10.2. The van der Waals surface area contributed by atoms with Crippen molar-refractivity contribution in [3.63, 3.8) is 0 Å². The molecule has 1 amide bonds. The van der Waals surface area contributed by atoms with E-state index >= 15 is 0 Å². The lowest BCUT2D eigenvalue weighted by Crippen LogP contribution is -2.25. The minimum atomic E-state index is -0.217. The predicted octanol–water partition coefficient (Wildman–Crippen LogP) is 5.07. The van der Waals surface area contributed by atoms with Crippen LogP contribution < -0.4 is 10.7 Å². The first-order valence-corrected chi connectivity index (χ1v) is 9.87. The van der Waals surface area contributed by atoms with Crippen molar-refractivity contribution in [1.82, 2.24) is 9.99 Å². The maximum atomic E-state index is 12.0. The van der Waals surface area contributed by atoms with E-state index in [0.29, 0.717) is 5.02 Å². The molecule has 144 valence electrons. The quantitative estimate of drug-likeness (QED) is 0.399. The molecule has 0 saturated heterocycles. The van der Waals surface area contributed by atoms with Gasteiger partial charge < -0.3 is 9.88 Å². The van der Waals surface area contributed by atoms with Crippen LogP contribution in [0, 0.1) is 13.8 Å². The Kier molecular flexibility index (Phi) is 6.54. The minimum absolute atomic E-state index is 0.142. The third-order valence-electron chi connectivity index (χ3n) is 4.25. The first-order valence-electron chi connectivity index (χ1n) is 8.70. The minimum Gasteiger partial charge on any atom is -0.376 e. The van der Waals surface area contributed by atoms with Crippen LogP contribution in [0.2, 0.25) is 5.02 Å². The van der Waals surface area contributed by atoms with Crippen LogP contribution in [0.5, 0.6) is 0 Å². The molecule has 0 spiro atoms. The molecule has 1 aromatic heterocycles. The van der Waals surface area contributed by atoms with Gasteiger partial charge in [-0.1, -0.05) is 27.5 Å². The van der Waals surface area contributed by atoms with Gasteiger partial charge in [0.15, 0.2) is 0 Å². The number of hydrazone groups is 1. The van der Waals surface area contributed by atoms with Crippen LogP contribution >= 0.6 is 27.5 Å². The van der Waals surface area contributed by atoms with Gasteiger partial charge in [-0.05, 0) is 68.4 Å². The highest BCUT2D eigenvalue weighted by molar-refractivity contribution is 9.10. The lowest BCUT2D eigenvalue weighted by Gasteiger charge is -2.09. The number of aromatic nitrogens is 1. The number of hydrogen-bond acceptors (Lipinski definition) is 3. The average Bonchev–Trinajstić information content (AvgIpc) is 2.96. The van der Waals surface area contributed by atoms with Crippen LogP contribution in [0.3, 0.4) is 0 Å². The predicted molar refractivity (Wildman–Crippen MR) is 119 cm³/mol. The number of carbonyl (C=O) groups excluding carboxylic acids is 1. The van der Waals surface area contributed by atoms with Gasteiger partial charge in [0.2, 0.25) is 0 Å². The number of anilines is 1. The number of halogens is 2. The van der Waals surface area contributed by atoms with E-state index in [0.717, 1.165) is 32.8 Å². The summed E-state index contributed by atoms with van der Waals surface area (Å²) < 4.78 is 3.11. The Morgan fingerprint density at radius 2 is 1.82 bits per heavy atom. The zero-order valence-electron chi connectivity index (χ0n) is 15.5. The molecule has 2 N–H and O–H groups in total. The molecule has 0 aliphatic carbocycles.